The average Bonchev–Trinajstić information content (AvgIpc) is 2.64. The first-order valence-corrected chi connectivity index (χ1v) is 4.54. The molecular formula is C11H8FNO3. The Morgan fingerprint density at radius 2 is 2.12 bits per heavy atom. The Hall–Kier alpha value is -2.17. The minimum atomic E-state index is -1.18. The van der Waals surface area contributed by atoms with E-state index in [1.54, 1.807) is 13.0 Å². The quantitative estimate of drug-likeness (QED) is 0.846. The smallest absolute Gasteiger partial charge is 0.358 e. The fourth-order valence-corrected chi connectivity index (χ4v) is 1.39. The molecule has 0 fully saturated rings. The fourth-order valence-electron chi connectivity index (χ4n) is 1.39. The van der Waals surface area contributed by atoms with Crippen LogP contribution in [0.1, 0.15) is 16.1 Å². The first-order chi connectivity index (χ1) is 7.56. The van der Waals surface area contributed by atoms with E-state index in [4.69, 9.17) is 9.63 Å². The number of halogens is 1. The monoisotopic (exact) mass is 221 g/mol. The van der Waals surface area contributed by atoms with Crippen molar-refractivity contribution in [2.75, 3.05) is 0 Å². The number of rotatable bonds is 2. The Balaban J connectivity index is 2.46. The number of carboxylic acids is 1. The van der Waals surface area contributed by atoms with E-state index in [0.29, 0.717) is 5.56 Å². The summed E-state index contributed by atoms with van der Waals surface area (Å²) >= 11 is 0. The van der Waals surface area contributed by atoms with E-state index in [9.17, 15) is 9.18 Å². The van der Waals surface area contributed by atoms with Crippen LogP contribution in [-0.2, 0) is 0 Å². The standard InChI is InChI=1S/C11H8FNO3/c1-6-2-7(4-8(12)3-6)10-5-9(11(14)15)13-16-10/h2-5H,1H3,(H,14,15). The molecule has 0 bridgehead atoms. The van der Waals surface area contributed by atoms with Crippen LogP contribution < -0.4 is 0 Å². The van der Waals surface area contributed by atoms with Gasteiger partial charge in [-0.25, -0.2) is 9.18 Å². The van der Waals surface area contributed by atoms with Crippen LogP contribution in [0.15, 0.2) is 28.8 Å². The Bertz CT molecular complexity index is 528. The summed E-state index contributed by atoms with van der Waals surface area (Å²) in [4.78, 5) is 10.6. The normalized spacial score (nSPS) is 10.4. The zero-order valence-electron chi connectivity index (χ0n) is 8.40. The van der Waals surface area contributed by atoms with E-state index < -0.39 is 11.8 Å². The SMILES string of the molecule is Cc1cc(F)cc(-c2cc(C(=O)O)no2)c1. The van der Waals surface area contributed by atoms with Crippen molar-refractivity contribution >= 4 is 5.97 Å². The Morgan fingerprint density at radius 3 is 2.69 bits per heavy atom. The highest BCUT2D eigenvalue weighted by Crippen LogP contribution is 2.22. The molecule has 0 aliphatic carbocycles. The molecule has 0 atom stereocenters. The second-order valence-corrected chi connectivity index (χ2v) is 3.40. The minimum Gasteiger partial charge on any atom is -0.476 e. The maximum absolute atomic E-state index is 13.1. The third kappa shape index (κ3) is 1.93. The molecule has 82 valence electrons. The largest absolute Gasteiger partial charge is 0.476 e. The number of hydrogen-bond acceptors (Lipinski definition) is 3. The van der Waals surface area contributed by atoms with Gasteiger partial charge in [0.1, 0.15) is 5.82 Å². The number of carbonyl (C=O) groups is 1. The summed E-state index contributed by atoms with van der Waals surface area (Å²) < 4.78 is 17.9. The molecule has 2 rings (SSSR count). The summed E-state index contributed by atoms with van der Waals surface area (Å²) in [6, 6.07) is 5.59. The molecule has 4 nitrogen and oxygen atoms in total. The fraction of sp³-hybridized carbons (Fsp3) is 0.0909. The number of hydrogen-bond donors (Lipinski definition) is 1. The molecule has 0 amide bonds. The van der Waals surface area contributed by atoms with Gasteiger partial charge in [-0.2, -0.15) is 0 Å². The summed E-state index contributed by atoms with van der Waals surface area (Å²) in [5.41, 5.74) is 0.998. The highest BCUT2D eigenvalue weighted by atomic mass is 19.1. The third-order valence-corrected chi connectivity index (χ3v) is 2.06. The molecule has 16 heavy (non-hydrogen) atoms. The van der Waals surface area contributed by atoms with Gasteiger partial charge in [-0.05, 0) is 30.7 Å². The lowest BCUT2D eigenvalue weighted by molar-refractivity contribution is 0.0686. The number of aryl methyl sites for hydroxylation is 1. The van der Waals surface area contributed by atoms with Crippen molar-refractivity contribution in [3.05, 3.63) is 41.3 Å². The minimum absolute atomic E-state index is 0.197. The van der Waals surface area contributed by atoms with Crippen LogP contribution in [0, 0.1) is 12.7 Å². The number of nitrogens with zero attached hydrogens (tertiary/aromatic N) is 1. The van der Waals surface area contributed by atoms with Gasteiger partial charge in [-0.1, -0.05) is 5.16 Å². The maximum Gasteiger partial charge on any atom is 0.358 e. The molecule has 0 spiro atoms. The lowest BCUT2D eigenvalue weighted by atomic mass is 10.1. The second-order valence-electron chi connectivity index (χ2n) is 3.40. The molecule has 1 aromatic heterocycles. The van der Waals surface area contributed by atoms with Gasteiger partial charge in [-0.3, -0.25) is 0 Å². The van der Waals surface area contributed by atoms with Crippen molar-refractivity contribution in [3.63, 3.8) is 0 Å². The topological polar surface area (TPSA) is 63.3 Å². The maximum atomic E-state index is 13.1. The van der Waals surface area contributed by atoms with Gasteiger partial charge in [0.25, 0.3) is 0 Å². The van der Waals surface area contributed by atoms with Crippen LogP contribution in [0.2, 0.25) is 0 Å². The van der Waals surface area contributed by atoms with Crippen LogP contribution in [-0.4, -0.2) is 16.2 Å². The summed E-state index contributed by atoms with van der Waals surface area (Å²) in [5, 5.41) is 12.0. The highest BCUT2D eigenvalue weighted by Gasteiger charge is 2.12. The van der Waals surface area contributed by atoms with E-state index >= 15 is 0 Å². The van der Waals surface area contributed by atoms with Gasteiger partial charge < -0.3 is 9.63 Å². The average molecular weight is 221 g/mol. The predicted molar refractivity (Wildman–Crippen MR) is 53.6 cm³/mol. The Kier molecular flexibility index (Phi) is 2.44. The highest BCUT2D eigenvalue weighted by molar-refractivity contribution is 5.86. The molecule has 0 aliphatic heterocycles. The molecule has 5 heteroatoms. The van der Waals surface area contributed by atoms with Gasteiger partial charge in [-0.15, -0.1) is 0 Å². The van der Waals surface area contributed by atoms with Crippen molar-refractivity contribution in [2.24, 2.45) is 0 Å². The Morgan fingerprint density at radius 1 is 1.38 bits per heavy atom. The zero-order chi connectivity index (χ0) is 11.7. The van der Waals surface area contributed by atoms with Crippen LogP contribution in [0.3, 0.4) is 0 Å². The molecule has 1 heterocycles. The summed E-state index contributed by atoms with van der Waals surface area (Å²) in [7, 11) is 0. The van der Waals surface area contributed by atoms with Crippen molar-refractivity contribution < 1.29 is 18.8 Å². The summed E-state index contributed by atoms with van der Waals surface area (Å²) in [5.74, 6) is -1.34. The summed E-state index contributed by atoms with van der Waals surface area (Å²) in [6.07, 6.45) is 0. The lowest BCUT2D eigenvalue weighted by Gasteiger charge is -1.98. The number of benzene rings is 1. The Labute approximate surface area is 90.3 Å². The molecule has 0 saturated heterocycles. The number of carboxylic acid groups (broad SMARTS) is 1. The van der Waals surface area contributed by atoms with Crippen LogP contribution in [0.25, 0.3) is 11.3 Å². The molecule has 0 unspecified atom stereocenters. The van der Waals surface area contributed by atoms with E-state index in [1.807, 2.05) is 0 Å². The molecule has 2 aromatic rings. The first-order valence-electron chi connectivity index (χ1n) is 4.54. The predicted octanol–water partition coefficient (Wildman–Crippen LogP) is 2.49. The van der Waals surface area contributed by atoms with Gasteiger partial charge in [0.15, 0.2) is 11.5 Å². The van der Waals surface area contributed by atoms with E-state index in [2.05, 4.69) is 5.16 Å². The number of aromatic carboxylic acids is 1. The van der Waals surface area contributed by atoms with Gasteiger partial charge in [0.05, 0.1) is 0 Å². The molecule has 0 radical (unpaired) electrons. The first kappa shape index (κ1) is 10.4. The molecular weight excluding hydrogens is 213 g/mol. The molecule has 0 saturated carbocycles. The lowest BCUT2D eigenvalue weighted by Crippen LogP contribution is -1.94. The van der Waals surface area contributed by atoms with Crippen LogP contribution >= 0.6 is 0 Å². The van der Waals surface area contributed by atoms with Gasteiger partial charge in [0.2, 0.25) is 0 Å². The third-order valence-electron chi connectivity index (χ3n) is 2.06. The van der Waals surface area contributed by atoms with Crippen molar-refractivity contribution in [2.45, 2.75) is 6.92 Å². The van der Waals surface area contributed by atoms with Gasteiger partial charge >= 0.3 is 5.97 Å². The van der Waals surface area contributed by atoms with Crippen LogP contribution in [0.5, 0.6) is 0 Å². The molecule has 1 aromatic carbocycles. The van der Waals surface area contributed by atoms with E-state index in [0.717, 1.165) is 5.56 Å². The molecule has 0 aliphatic rings. The van der Waals surface area contributed by atoms with E-state index in [1.165, 1.54) is 18.2 Å². The van der Waals surface area contributed by atoms with Crippen molar-refractivity contribution in [3.8, 4) is 11.3 Å². The number of aromatic nitrogens is 1. The van der Waals surface area contributed by atoms with Gasteiger partial charge in [0, 0.05) is 11.6 Å². The van der Waals surface area contributed by atoms with Crippen LogP contribution in [0.4, 0.5) is 4.39 Å². The van der Waals surface area contributed by atoms with Crippen molar-refractivity contribution in [1.29, 1.82) is 0 Å². The van der Waals surface area contributed by atoms with E-state index in [-0.39, 0.29) is 11.5 Å². The zero-order valence-corrected chi connectivity index (χ0v) is 8.40. The van der Waals surface area contributed by atoms with Crippen molar-refractivity contribution in [1.82, 2.24) is 5.16 Å². The summed E-state index contributed by atoms with van der Waals surface area (Å²) in [6.45, 7) is 1.74. The second kappa shape index (κ2) is 3.77. The molecule has 1 N–H and O–H groups in total.